The van der Waals surface area contributed by atoms with E-state index in [1.54, 1.807) is 6.20 Å². The zero-order valence-electron chi connectivity index (χ0n) is 17.1. The molecular weight excluding hydrogens is 372 g/mol. The number of anilines is 1. The van der Waals surface area contributed by atoms with Crippen LogP contribution >= 0.6 is 0 Å². The highest BCUT2D eigenvalue weighted by Gasteiger charge is 2.16. The fourth-order valence-electron chi connectivity index (χ4n) is 3.28. The maximum atomic E-state index is 13.1. The average molecular weight is 396 g/mol. The smallest absolute Gasteiger partial charge is 0.259 e. The molecule has 0 spiro atoms. The van der Waals surface area contributed by atoms with E-state index in [2.05, 4.69) is 24.1 Å². The molecule has 0 fully saturated rings. The van der Waals surface area contributed by atoms with Gasteiger partial charge in [0.25, 0.3) is 5.91 Å². The first kappa shape index (κ1) is 19.6. The number of para-hydroxylation sites is 1. The zero-order chi connectivity index (χ0) is 20.9. The summed E-state index contributed by atoms with van der Waals surface area (Å²) >= 11 is 0. The van der Waals surface area contributed by atoms with E-state index in [0.717, 1.165) is 22.0 Å². The van der Waals surface area contributed by atoms with Crippen molar-refractivity contribution < 1.29 is 9.53 Å². The molecule has 0 saturated carbocycles. The number of amides is 1. The number of aromatic nitrogens is 1. The van der Waals surface area contributed by atoms with Crippen molar-refractivity contribution in [1.29, 1.82) is 0 Å². The Morgan fingerprint density at radius 3 is 2.53 bits per heavy atom. The zero-order valence-corrected chi connectivity index (χ0v) is 17.1. The first-order chi connectivity index (χ1) is 14.6. The highest BCUT2D eigenvalue weighted by molar-refractivity contribution is 6.06. The van der Waals surface area contributed by atoms with Crippen molar-refractivity contribution in [3.63, 3.8) is 0 Å². The van der Waals surface area contributed by atoms with E-state index in [1.807, 2.05) is 78.9 Å². The van der Waals surface area contributed by atoms with Gasteiger partial charge in [-0.3, -0.25) is 9.78 Å². The van der Waals surface area contributed by atoms with Gasteiger partial charge in [0.2, 0.25) is 0 Å². The fraction of sp³-hybridized carbons (Fsp3) is 0.154. The van der Waals surface area contributed by atoms with Crippen LogP contribution < -0.4 is 10.1 Å². The van der Waals surface area contributed by atoms with E-state index in [4.69, 9.17) is 4.74 Å². The molecule has 1 aromatic heterocycles. The summed E-state index contributed by atoms with van der Waals surface area (Å²) in [5.41, 5.74) is 4.21. The van der Waals surface area contributed by atoms with Gasteiger partial charge in [-0.05, 0) is 41.3 Å². The second-order valence-electron chi connectivity index (χ2n) is 7.56. The summed E-state index contributed by atoms with van der Waals surface area (Å²) in [6.45, 7) is 4.61. The first-order valence-corrected chi connectivity index (χ1v) is 10.1. The summed E-state index contributed by atoms with van der Waals surface area (Å²) in [4.78, 5) is 17.6. The van der Waals surface area contributed by atoms with Crippen LogP contribution in [-0.2, 0) is 6.61 Å². The van der Waals surface area contributed by atoms with Crippen LogP contribution in [0, 0.1) is 0 Å². The van der Waals surface area contributed by atoms with E-state index in [9.17, 15) is 4.79 Å². The third kappa shape index (κ3) is 4.49. The largest absolute Gasteiger partial charge is 0.488 e. The summed E-state index contributed by atoms with van der Waals surface area (Å²) in [6.07, 6.45) is 1.68. The topological polar surface area (TPSA) is 51.2 Å². The van der Waals surface area contributed by atoms with Crippen molar-refractivity contribution in [3.05, 3.63) is 102 Å². The van der Waals surface area contributed by atoms with E-state index >= 15 is 0 Å². The molecule has 3 aromatic carbocycles. The molecular formula is C26H24N2O2. The van der Waals surface area contributed by atoms with Crippen molar-refractivity contribution in [1.82, 2.24) is 4.98 Å². The van der Waals surface area contributed by atoms with E-state index in [1.165, 1.54) is 0 Å². The number of carbonyl (C=O) groups is 1. The van der Waals surface area contributed by atoms with Crippen LogP contribution in [-0.4, -0.2) is 10.9 Å². The summed E-state index contributed by atoms with van der Waals surface area (Å²) in [7, 11) is 0. The predicted octanol–water partition coefficient (Wildman–Crippen LogP) is 6.19. The molecule has 1 amide bonds. The van der Waals surface area contributed by atoms with Crippen molar-refractivity contribution in [2.24, 2.45) is 0 Å². The van der Waals surface area contributed by atoms with Crippen LogP contribution in [0.1, 0.15) is 41.3 Å². The second-order valence-corrected chi connectivity index (χ2v) is 7.56. The molecule has 4 aromatic rings. The molecule has 30 heavy (non-hydrogen) atoms. The lowest BCUT2D eigenvalue weighted by Gasteiger charge is -2.15. The lowest BCUT2D eigenvalue weighted by atomic mass is 10.00. The molecule has 0 aliphatic rings. The number of rotatable bonds is 6. The summed E-state index contributed by atoms with van der Waals surface area (Å²) in [6, 6.07) is 25.5. The van der Waals surface area contributed by atoms with E-state index in [-0.39, 0.29) is 5.91 Å². The maximum Gasteiger partial charge on any atom is 0.259 e. The molecule has 4 rings (SSSR count). The molecule has 0 bridgehead atoms. The van der Waals surface area contributed by atoms with Gasteiger partial charge < -0.3 is 10.1 Å². The molecule has 0 saturated heterocycles. The Bertz CT molecular complexity index is 1170. The third-order valence-corrected chi connectivity index (χ3v) is 5.00. The summed E-state index contributed by atoms with van der Waals surface area (Å²) in [5, 5.41) is 3.95. The van der Waals surface area contributed by atoms with Crippen LogP contribution in [0.4, 0.5) is 5.69 Å². The second kappa shape index (κ2) is 8.78. The Morgan fingerprint density at radius 1 is 0.967 bits per heavy atom. The van der Waals surface area contributed by atoms with E-state index in [0.29, 0.717) is 29.5 Å². The van der Waals surface area contributed by atoms with Gasteiger partial charge in [0.1, 0.15) is 12.4 Å². The quantitative estimate of drug-likeness (QED) is 0.423. The SMILES string of the molecule is CC(C)c1ccc(OCc2ccccc2)c(C(=O)Nc2cnc3ccccc3c2)c1. The predicted molar refractivity (Wildman–Crippen MR) is 121 cm³/mol. The average Bonchev–Trinajstić information content (AvgIpc) is 2.78. The number of pyridine rings is 1. The van der Waals surface area contributed by atoms with Gasteiger partial charge in [0.05, 0.1) is 23.0 Å². The Hall–Kier alpha value is -3.66. The Kier molecular flexibility index (Phi) is 5.75. The molecule has 4 nitrogen and oxygen atoms in total. The Balaban J connectivity index is 1.60. The van der Waals surface area contributed by atoms with E-state index < -0.39 is 0 Å². The minimum Gasteiger partial charge on any atom is -0.488 e. The monoisotopic (exact) mass is 396 g/mol. The van der Waals surface area contributed by atoms with Crippen LogP contribution in [0.2, 0.25) is 0 Å². The van der Waals surface area contributed by atoms with Gasteiger partial charge in [-0.1, -0.05) is 68.4 Å². The highest BCUT2D eigenvalue weighted by Crippen LogP contribution is 2.27. The number of nitrogens with zero attached hydrogens (tertiary/aromatic N) is 1. The van der Waals surface area contributed by atoms with Crippen LogP contribution in [0.3, 0.4) is 0 Å². The van der Waals surface area contributed by atoms with Gasteiger partial charge in [0.15, 0.2) is 0 Å². The maximum absolute atomic E-state index is 13.1. The number of benzene rings is 3. The van der Waals surface area contributed by atoms with Gasteiger partial charge in [-0.2, -0.15) is 0 Å². The van der Waals surface area contributed by atoms with Gasteiger partial charge in [-0.25, -0.2) is 0 Å². The lowest BCUT2D eigenvalue weighted by molar-refractivity contribution is 0.102. The van der Waals surface area contributed by atoms with Crippen molar-refractivity contribution in [3.8, 4) is 5.75 Å². The van der Waals surface area contributed by atoms with Gasteiger partial charge in [-0.15, -0.1) is 0 Å². The molecule has 0 radical (unpaired) electrons. The first-order valence-electron chi connectivity index (χ1n) is 10.1. The summed E-state index contributed by atoms with van der Waals surface area (Å²) < 4.78 is 6.01. The number of hydrogen-bond donors (Lipinski definition) is 1. The van der Waals surface area contributed by atoms with Gasteiger partial charge in [0, 0.05) is 5.39 Å². The van der Waals surface area contributed by atoms with Gasteiger partial charge >= 0.3 is 0 Å². The molecule has 0 aliphatic heterocycles. The third-order valence-electron chi connectivity index (χ3n) is 5.00. The Morgan fingerprint density at radius 2 is 1.73 bits per heavy atom. The molecule has 0 atom stereocenters. The highest BCUT2D eigenvalue weighted by atomic mass is 16.5. The molecule has 1 heterocycles. The Labute approximate surface area is 176 Å². The van der Waals surface area contributed by atoms with Crippen molar-refractivity contribution in [2.45, 2.75) is 26.4 Å². The van der Waals surface area contributed by atoms with Crippen molar-refractivity contribution >= 4 is 22.5 Å². The minimum absolute atomic E-state index is 0.211. The number of fused-ring (bicyclic) bond motifs is 1. The number of nitrogens with one attached hydrogen (secondary N) is 1. The van der Waals surface area contributed by atoms with Crippen LogP contribution in [0.25, 0.3) is 10.9 Å². The molecule has 0 aliphatic carbocycles. The molecule has 1 N–H and O–H groups in total. The fourth-order valence-corrected chi connectivity index (χ4v) is 3.28. The lowest BCUT2D eigenvalue weighted by Crippen LogP contribution is -2.14. The molecule has 0 unspecified atom stereocenters. The van der Waals surface area contributed by atoms with Crippen LogP contribution in [0.5, 0.6) is 5.75 Å². The normalized spacial score (nSPS) is 10.9. The number of hydrogen-bond acceptors (Lipinski definition) is 3. The van der Waals surface area contributed by atoms with Crippen molar-refractivity contribution in [2.75, 3.05) is 5.32 Å². The number of carbonyl (C=O) groups excluding carboxylic acids is 1. The molecule has 150 valence electrons. The molecule has 4 heteroatoms. The number of ether oxygens (including phenoxy) is 1. The standard InChI is InChI=1S/C26H24N2O2/c1-18(2)20-12-13-25(30-17-19-8-4-3-5-9-19)23(15-20)26(29)28-22-14-21-10-6-7-11-24(21)27-16-22/h3-16,18H,17H2,1-2H3,(H,28,29). The summed E-state index contributed by atoms with van der Waals surface area (Å²) in [5.74, 6) is 0.661. The van der Waals surface area contributed by atoms with Crippen LogP contribution in [0.15, 0.2) is 85.1 Å². The minimum atomic E-state index is -0.211.